The van der Waals surface area contributed by atoms with E-state index in [0.29, 0.717) is 22.0 Å². The second-order valence-electron chi connectivity index (χ2n) is 8.22. The van der Waals surface area contributed by atoms with E-state index in [-0.39, 0.29) is 12.1 Å². The number of nitrogens with zero attached hydrogens (tertiary/aromatic N) is 3. The van der Waals surface area contributed by atoms with Gasteiger partial charge in [0.25, 0.3) is 0 Å². The molecule has 0 spiro atoms. The molecule has 1 N–H and O–H groups in total. The van der Waals surface area contributed by atoms with E-state index >= 15 is 0 Å². The van der Waals surface area contributed by atoms with Crippen molar-refractivity contribution in [3.05, 3.63) is 77.8 Å². The monoisotopic (exact) mass is 464 g/mol. The number of furan rings is 1. The highest BCUT2D eigenvalue weighted by atomic mass is 32.1. The Morgan fingerprint density at radius 1 is 1.18 bits per heavy atom. The van der Waals surface area contributed by atoms with E-state index in [1.807, 2.05) is 48.5 Å². The van der Waals surface area contributed by atoms with Crippen molar-refractivity contribution in [2.45, 2.75) is 18.5 Å². The molecule has 0 amide bonds. The van der Waals surface area contributed by atoms with Crippen molar-refractivity contribution in [3.8, 4) is 11.3 Å². The summed E-state index contributed by atoms with van der Waals surface area (Å²) in [6.45, 7) is 1.74. The van der Waals surface area contributed by atoms with Crippen LogP contribution in [-0.2, 0) is 4.74 Å². The molecule has 8 heteroatoms. The number of carbonyl (C=O) groups excluding carboxylic acids is 1. The zero-order valence-corrected chi connectivity index (χ0v) is 19.8. The zero-order valence-electron chi connectivity index (χ0n) is 19.0. The highest BCUT2D eigenvalue weighted by molar-refractivity contribution is 7.80. The molecule has 0 radical (unpaired) electrons. The van der Waals surface area contributed by atoms with Gasteiger partial charge in [-0.25, -0.2) is 4.79 Å². The molecular formula is C25H28N4O3S. The molecule has 1 fully saturated rings. The minimum absolute atomic E-state index is 0.145. The van der Waals surface area contributed by atoms with Gasteiger partial charge in [-0.05, 0) is 69.6 Å². The van der Waals surface area contributed by atoms with Gasteiger partial charge in [-0.15, -0.1) is 0 Å². The molecule has 4 rings (SSSR count). The van der Waals surface area contributed by atoms with Gasteiger partial charge in [0.1, 0.15) is 17.6 Å². The summed E-state index contributed by atoms with van der Waals surface area (Å²) >= 11 is 5.72. The number of rotatable bonds is 8. The molecule has 1 saturated heterocycles. The molecule has 3 heterocycles. The molecule has 2 unspecified atom stereocenters. The number of nitrogens with one attached hydrogen (secondary N) is 1. The summed E-state index contributed by atoms with van der Waals surface area (Å²) in [5.74, 6) is 0.971. The van der Waals surface area contributed by atoms with Crippen LogP contribution in [0.3, 0.4) is 0 Å². The quantitative estimate of drug-likeness (QED) is 0.396. The Labute approximate surface area is 199 Å². The molecular weight excluding hydrogens is 436 g/mol. The number of carbonyl (C=O) groups is 1. The van der Waals surface area contributed by atoms with Crippen molar-refractivity contribution in [2.24, 2.45) is 0 Å². The number of pyridine rings is 1. The van der Waals surface area contributed by atoms with Gasteiger partial charge in [-0.2, -0.15) is 0 Å². The number of hydrogen-bond donors (Lipinski definition) is 1. The van der Waals surface area contributed by atoms with Crippen LogP contribution in [0.2, 0.25) is 0 Å². The molecule has 172 valence electrons. The Bertz CT molecular complexity index is 1120. The van der Waals surface area contributed by atoms with Crippen LogP contribution in [0.1, 0.15) is 40.3 Å². The first-order valence-corrected chi connectivity index (χ1v) is 11.3. The van der Waals surface area contributed by atoms with Gasteiger partial charge < -0.3 is 24.3 Å². The predicted molar refractivity (Wildman–Crippen MR) is 131 cm³/mol. The van der Waals surface area contributed by atoms with Gasteiger partial charge in [0, 0.05) is 18.3 Å². The summed E-state index contributed by atoms with van der Waals surface area (Å²) in [6, 6.07) is 16.7. The second-order valence-corrected chi connectivity index (χ2v) is 8.60. The molecule has 3 aromatic rings. The molecule has 2 atom stereocenters. The van der Waals surface area contributed by atoms with Crippen LogP contribution in [0, 0.1) is 0 Å². The highest BCUT2D eigenvalue weighted by Crippen LogP contribution is 2.40. The minimum atomic E-state index is -0.399. The van der Waals surface area contributed by atoms with Crippen molar-refractivity contribution in [1.82, 2.24) is 20.1 Å². The summed E-state index contributed by atoms with van der Waals surface area (Å²) in [4.78, 5) is 21.2. The minimum Gasteiger partial charge on any atom is -0.465 e. The number of thiocarbonyl (C=S) groups is 1. The fourth-order valence-corrected chi connectivity index (χ4v) is 4.49. The first-order valence-electron chi connectivity index (χ1n) is 10.9. The molecule has 33 heavy (non-hydrogen) atoms. The number of benzene rings is 1. The largest absolute Gasteiger partial charge is 0.465 e. The zero-order chi connectivity index (χ0) is 23.4. The molecule has 1 aliphatic rings. The normalized spacial score (nSPS) is 17.9. The summed E-state index contributed by atoms with van der Waals surface area (Å²) < 4.78 is 11.3. The molecule has 0 bridgehead atoms. The average molecular weight is 465 g/mol. The Balaban J connectivity index is 1.70. The van der Waals surface area contributed by atoms with Crippen molar-refractivity contribution < 1.29 is 13.9 Å². The Morgan fingerprint density at radius 2 is 1.97 bits per heavy atom. The summed E-state index contributed by atoms with van der Waals surface area (Å²) in [5.41, 5.74) is 2.05. The van der Waals surface area contributed by atoms with Crippen LogP contribution in [0.4, 0.5) is 0 Å². The lowest BCUT2D eigenvalue weighted by Gasteiger charge is -2.26. The molecule has 1 aromatic carbocycles. The van der Waals surface area contributed by atoms with E-state index in [4.69, 9.17) is 21.4 Å². The highest BCUT2D eigenvalue weighted by Gasteiger charge is 2.41. The molecule has 2 aromatic heterocycles. The third kappa shape index (κ3) is 4.91. The van der Waals surface area contributed by atoms with Crippen LogP contribution < -0.4 is 5.32 Å². The molecule has 1 aliphatic heterocycles. The van der Waals surface area contributed by atoms with E-state index in [1.165, 1.54) is 7.11 Å². The van der Waals surface area contributed by atoms with Crippen molar-refractivity contribution in [2.75, 3.05) is 34.3 Å². The number of hydrogen-bond acceptors (Lipinski definition) is 6. The van der Waals surface area contributed by atoms with E-state index in [9.17, 15) is 4.79 Å². The lowest BCUT2D eigenvalue weighted by Crippen LogP contribution is -2.32. The summed E-state index contributed by atoms with van der Waals surface area (Å²) in [5, 5.41) is 4.12. The standard InChI is InChI=1S/C25H28N4O3S/c1-28(2)15-8-16-29-23(22(27-25(29)33)19-11-6-7-14-26-19)21-13-12-20(32-21)17-9-4-5-10-18(17)24(30)31-3/h4-7,9-14,22-23H,8,15-16H2,1-3H3,(H,27,33). The maximum Gasteiger partial charge on any atom is 0.338 e. The number of methoxy groups -OCH3 is 1. The lowest BCUT2D eigenvalue weighted by molar-refractivity contribution is 0.0601. The number of ether oxygens (including phenoxy) is 1. The van der Waals surface area contributed by atoms with Gasteiger partial charge >= 0.3 is 5.97 Å². The third-order valence-corrected chi connectivity index (χ3v) is 6.07. The Hall–Kier alpha value is -3.23. The summed E-state index contributed by atoms with van der Waals surface area (Å²) in [7, 11) is 5.50. The van der Waals surface area contributed by atoms with Crippen LogP contribution >= 0.6 is 12.2 Å². The van der Waals surface area contributed by atoms with Crippen molar-refractivity contribution >= 4 is 23.3 Å². The van der Waals surface area contributed by atoms with Gasteiger partial charge in [-0.1, -0.05) is 24.3 Å². The third-order valence-electron chi connectivity index (χ3n) is 5.72. The fraction of sp³-hybridized carbons (Fsp3) is 0.320. The fourth-order valence-electron chi connectivity index (χ4n) is 4.16. The Morgan fingerprint density at radius 3 is 2.70 bits per heavy atom. The molecule has 0 aliphatic carbocycles. The smallest absolute Gasteiger partial charge is 0.338 e. The van der Waals surface area contributed by atoms with Gasteiger partial charge in [0.2, 0.25) is 0 Å². The van der Waals surface area contributed by atoms with Crippen LogP contribution in [0.25, 0.3) is 11.3 Å². The first kappa shape index (κ1) is 22.9. The lowest BCUT2D eigenvalue weighted by atomic mass is 10.0. The van der Waals surface area contributed by atoms with E-state index in [0.717, 1.165) is 31.0 Å². The first-order chi connectivity index (χ1) is 16.0. The maximum atomic E-state index is 12.3. The molecule has 0 saturated carbocycles. The van der Waals surface area contributed by atoms with Crippen LogP contribution in [-0.4, -0.2) is 60.2 Å². The second kappa shape index (κ2) is 10.1. The van der Waals surface area contributed by atoms with Crippen molar-refractivity contribution in [1.29, 1.82) is 0 Å². The van der Waals surface area contributed by atoms with Crippen LogP contribution in [0.15, 0.2) is 65.2 Å². The van der Waals surface area contributed by atoms with Crippen molar-refractivity contribution in [3.63, 3.8) is 0 Å². The van der Waals surface area contributed by atoms with E-state index < -0.39 is 5.97 Å². The van der Waals surface area contributed by atoms with E-state index in [1.54, 1.807) is 12.3 Å². The average Bonchev–Trinajstić information content (AvgIpc) is 3.44. The van der Waals surface area contributed by atoms with E-state index in [2.05, 4.69) is 34.2 Å². The van der Waals surface area contributed by atoms with Gasteiger partial charge in [0.15, 0.2) is 5.11 Å². The van der Waals surface area contributed by atoms with Gasteiger partial charge in [-0.3, -0.25) is 4.98 Å². The molecule has 7 nitrogen and oxygen atoms in total. The van der Waals surface area contributed by atoms with Gasteiger partial charge in [0.05, 0.1) is 24.4 Å². The van der Waals surface area contributed by atoms with Crippen LogP contribution in [0.5, 0.6) is 0 Å². The predicted octanol–water partition coefficient (Wildman–Crippen LogP) is 4.05. The maximum absolute atomic E-state index is 12.3. The SMILES string of the molecule is COC(=O)c1ccccc1-c1ccc(C2C(c3ccccn3)NC(=S)N2CCCN(C)C)o1. The number of aromatic nitrogens is 1. The Kier molecular flexibility index (Phi) is 7.05. The number of esters is 1. The summed E-state index contributed by atoms with van der Waals surface area (Å²) in [6.07, 6.45) is 2.74. The topological polar surface area (TPSA) is 70.8 Å².